The van der Waals surface area contributed by atoms with Gasteiger partial charge in [-0.2, -0.15) is 0 Å². The number of hydrogen-bond donors (Lipinski definition) is 2. The molecule has 16 heavy (non-hydrogen) atoms. The SMILES string of the molecule is COc1ccc(NCC2CCCN2)cc1Br. The Labute approximate surface area is 105 Å². The third-order valence-electron chi connectivity index (χ3n) is 2.87. The van der Waals surface area contributed by atoms with Crippen LogP contribution in [0.3, 0.4) is 0 Å². The number of rotatable bonds is 4. The monoisotopic (exact) mass is 284 g/mol. The van der Waals surface area contributed by atoms with Gasteiger partial charge in [-0.3, -0.25) is 0 Å². The lowest BCUT2D eigenvalue weighted by molar-refractivity contribution is 0.412. The van der Waals surface area contributed by atoms with Crippen LogP contribution >= 0.6 is 15.9 Å². The van der Waals surface area contributed by atoms with Crippen LogP contribution in [0.2, 0.25) is 0 Å². The second kappa shape index (κ2) is 5.55. The number of hydrogen-bond acceptors (Lipinski definition) is 3. The van der Waals surface area contributed by atoms with E-state index in [1.165, 1.54) is 12.8 Å². The Morgan fingerprint density at radius 3 is 3.06 bits per heavy atom. The Bertz CT molecular complexity index is 351. The standard InChI is InChI=1S/C12H17BrN2O/c1-16-12-5-4-9(7-11(12)13)15-8-10-3-2-6-14-10/h4-5,7,10,14-15H,2-3,6,8H2,1H3. The van der Waals surface area contributed by atoms with E-state index >= 15 is 0 Å². The molecule has 1 fully saturated rings. The lowest BCUT2D eigenvalue weighted by Gasteiger charge is -2.13. The third-order valence-corrected chi connectivity index (χ3v) is 3.49. The molecule has 0 bridgehead atoms. The van der Waals surface area contributed by atoms with Gasteiger partial charge in [0, 0.05) is 18.3 Å². The van der Waals surface area contributed by atoms with E-state index in [0.29, 0.717) is 6.04 Å². The zero-order chi connectivity index (χ0) is 11.4. The Balaban J connectivity index is 1.91. The Morgan fingerprint density at radius 2 is 2.44 bits per heavy atom. The van der Waals surface area contributed by atoms with Crippen LogP contribution in [-0.2, 0) is 0 Å². The van der Waals surface area contributed by atoms with Crippen LogP contribution in [0.5, 0.6) is 5.75 Å². The minimum absolute atomic E-state index is 0.612. The first-order valence-corrected chi connectivity index (χ1v) is 6.39. The highest BCUT2D eigenvalue weighted by molar-refractivity contribution is 9.10. The summed E-state index contributed by atoms with van der Waals surface area (Å²) < 4.78 is 6.18. The number of methoxy groups -OCH3 is 1. The summed E-state index contributed by atoms with van der Waals surface area (Å²) in [4.78, 5) is 0. The second-order valence-corrected chi connectivity index (χ2v) is 4.88. The maximum Gasteiger partial charge on any atom is 0.133 e. The normalized spacial score (nSPS) is 19.8. The maximum absolute atomic E-state index is 5.19. The molecule has 1 atom stereocenters. The largest absolute Gasteiger partial charge is 0.496 e. The first kappa shape index (κ1) is 11.7. The summed E-state index contributed by atoms with van der Waals surface area (Å²) in [5.41, 5.74) is 1.13. The zero-order valence-electron chi connectivity index (χ0n) is 9.42. The maximum atomic E-state index is 5.19. The predicted molar refractivity (Wildman–Crippen MR) is 70.2 cm³/mol. The van der Waals surface area contributed by atoms with Crippen molar-refractivity contribution >= 4 is 21.6 Å². The van der Waals surface area contributed by atoms with Crippen LogP contribution in [-0.4, -0.2) is 26.2 Å². The minimum Gasteiger partial charge on any atom is -0.496 e. The molecule has 88 valence electrons. The average molecular weight is 285 g/mol. The van der Waals surface area contributed by atoms with Gasteiger partial charge in [0.25, 0.3) is 0 Å². The highest BCUT2D eigenvalue weighted by Crippen LogP contribution is 2.27. The van der Waals surface area contributed by atoms with Gasteiger partial charge in [-0.1, -0.05) is 0 Å². The van der Waals surface area contributed by atoms with Gasteiger partial charge >= 0.3 is 0 Å². The van der Waals surface area contributed by atoms with E-state index in [1.807, 2.05) is 18.2 Å². The first-order valence-electron chi connectivity index (χ1n) is 5.60. The Hall–Kier alpha value is -0.740. The van der Waals surface area contributed by atoms with Crippen molar-refractivity contribution in [2.24, 2.45) is 0 Å². The molecule has 1 unspecified atom stereocenters. The van der Waals surface area contributed by atoms with Gasteiger partial charge in [0.1, 0.15) is 5.75 Å². The fraction of sp³-hybridized carbons (Fsp3) is 0.500. The molecular formula is C12H17BrN2O. The van der Waals surface area contributed by atoms with Crippen molar-refractivity contribution in [3.63, 3.8) is 0 Å². The van der Waals surface area contributed by atoms with Gasteiger partial charge in [-0.15, -0.1) is 0 Å². The molecule has 1 aromatic rings. The van der Waals surface area contributed by atoms with Crippen LogP contribution in [0.25, 0.3) is 0 Å². The quantitative estimate of drug-likeness (QED) is 0.892. The Kier molecular flexibility index (Phi) is 4.07. The molecular weight excluding hydrogens is 268 g/mol. The molecule has 1 aliphatic heterocycles. The highest BCUT2D eigenvalue weighted by Gasteiger charge is 2.13. The minimum atomic E-state index is 0.612. The number of halogens is 1. The topological polar surface area (TPSA) is 33.3 Å². The zero-order valence-corrected chi connectivity index (χ0v) is 11.0. The van der Waals surface area contributed by atoms with Crippen molar-refractivity contribution in [3.8, 4) is 5.75 Å². The molecule has 1 aliphatic rings. The summed E-state index contributed by atoms with van der Waals surface area (Å²) in [7, 11) is 1.68. The van der Waals surface area contributed by atoms with Gasteiger partial charge in [0.05, 0.1) is 11.6 Å². The average Bonchev–Trinajstić information content (AvgIpc) is 2.79. The number of nitrogens with one attached hydrogen (secondary N) is 2. The summed E-state index contributed by atoms with van der Waals surface area (Å²) in [6, 6.07) is 6.67. The van der Waals surface area contributed by atoms with Gasteiger partial charge < -0.3 is 15.4 Å². The number of anilines is 1. The van der Waals surface area contributed by atoms with Crippen molar-refractivity contribution in [3.05, 3.63) is 22.7 Å². The van der Waals surface area contributed by atoms with E-state index in [0.717, 1.165) is 29.0 Å². The molecule has 2 N–H and O–H groups in total. The van der Waals surface area contributed by atoms with Crippen molar-refractivity contribution < 1.29 is 4.74 Å². The summed E-state index contributed by atoms with van der Waals surface area (Å²) in [5, 5.41) is 6.90. The molecule has 3 nitrogen and oxygen atoms in total. The van der Waals surface area contributed by atoms with Crippen LogP contribution < -0.4 is 15.4 Å². The smallest absolute Gasteiger partial charge is 0.133 e. The van der Waals surface area contributed by atoms with E-state index in [1.54, 1.807) is 7.11 Å². The van der Waals surface area contributed by atoms with Crippen molar-refractivity contribution in [2.45, 2.75) is 18.9 Å². The molecule has 2 rings (SSSR count). The molecule has 0 saturated carbocycles. The second-order valence-electron chi connectivity index (χ2n) is 4.02. The van der Waals surface area contributed by atoms with Crippen molar-refractivity contribution in [1.29, 1.82) is 0 Å². The Morgan fingerprint density at radius 1 is 1.56 bits per heavy atom. The van der Waals surface area contributed by atoms with Gasteiger partial charge in [0.15, 0.2) is 0 Å². The molecule has 0 spiro atoms. The summed E-state index contributed by atoms with van der Waals surface area (Å²) in [6.07, 6.45) is 2.56. The molecule has 0 aliphatic carbocycles. The molecule has 1 heterocycles. The van der Waals surface area contributed by atoms with E-state index in [4.69, 9.17) is 4.74 Å². The first-order chi connectivity index (χ1) is 7.79. The van der Waals surface area contributed by atoms with E-state index in [2.05, 4.69) is 26.6 Å². The number of ether oxygens (including phenoxy) is 1. The van der Waals surface area contributed by atoms with Crippen LogP contribution in [0.15, 0.2) is 22.7 Å². The van der Waals surface area contributed by atoms with Crippen molar-refractivity contribution in [1.82, 2.24) is 5.32 Å². The summed E-state index contributed by atoms with van der Waals surface area (Å²) in [6.45, 7) is 2.14. The molecule has 0 aromatic heterocycles. The molecule has 0 radical (unpaired) electrons. The predicted octanol–water partition coefficient (Wildman–Crippen LogP) is 2.62. The molecule has 1 saturated heterocycles. The lowest BCUT2D eigenvalue weighted by atomic mass is 10.2. The summed E-state index contributed by atoms with van der Waals surface area (Å²) >= 11 is 3.48. The van der Waals surface area contributed by atoms with Crippen LogP contribution in [0.4, 0.5) is 5.69 Å². The fourth-order valence-electron chi connectivity index (χ4n) is 1.95. The van der Waals surface area contributed by atoms with Crippen LogP contribution in [0.1, 0.15) is 12.8 Å². The van der Waals surface area contributed by atoms with E-state index < -0.39 is 0 Å². The number of benzene rings is 1. The van der Waals surface area contributed by atoms with Gasteiger partial charge in [0.2, 0.25) is 0 Å². The van der Waals surface area contributed by atoms with Crippen molar-refractivity contribution in [2.75, 3.05) is 25.5 Å². The molecule has 1 aromatic carbocycles. The highest BCUT2D eigenvalue weighted by atomic mass is 79.9. The van der Waals surface area contributed by atoms with Gasteiger partial charge in [-0.05, 0) is 53.5 Å². The van der Waals surface area contributed by atoms with E-state index in [9.17, 15) is 0 Å². The summed E-state index contributed by atoms with van der Waals surface area (Å²) in [5.74, 6) is 0.865. The van der Waals surface area contributed by atoms with E-state index in [-0.39, 0.29) is 0 Å². The fourth-order valence-corrected chi connectivity index (χ4v) is 2.49. The van der Waals surface area contributed by atoms with Crippen LogP contribution in [0, 0.1) is 0 Å². The molecule has 4 heteroatoms. The molecule has 0 amide bonds. The lowest BCUT2D eigenvalue weighted by Crippen LogP contribution is -2.29. The third kappa shape index (κ3) is 2.89. The van der Waals surface area contributed by atoms with Gasteiger partial charge in [-0.25, -0.2) is 0 Å².